The molecule has 1 saturated carbocycles. The molecule has 248 valence electrons. The average molecular weight is 657 g/mol. The maximum Gasteiger partial charge on any atom is 0.226 e. The van der Waals surface area contributed by atoms with Crippen molar-refractivity contribution in [2.24, 2.45) is 16.6 Å². The van der Waals surface area contributed by atoms with E-state index in [4.69, 9.17) is 25.9 Å². The summed E-state index contributed by atoms with van der Waals surface area (Å²) < 4.78 is 5.90. The van der Waals surface area contributed by atoms with Crippen LogP contribution in [0.1, 0.15) is 107 Å². The molecule has 1 rings (SSSR count). The molecule has 0 aromatic rings. The first-order valence-electron chi connectivity index (χ1n) is 16.2. The Morgan fingerprint density at radius 2 is 1.36 bits per heavy atom. The summed E-state index contributed by atoms with van der Waals surface area (Å²) >= 11 is 3.40. The number of nitrogens with two attached hydrogens (primary N) is 1. The fourth-order valence-electron chi connectivity index (χ4n) is 4.43. The quantitative estimate of drug-likeness (QED) is 0.106. The van der Waals surface area contributed by atoms with Gasteiger partial charge in [0.1, 0.15) is 25.8 Å². The second kappa shape index (κ2) is 18.8. The van der Waals surface area contributed by atoms with Crippen LogP contribution in [0.2, 0.25) is 0 Å². The van der Waals surface area contributed by atoms with Crippen LogP contribution < -0.4 is 16.4 Å². The highest BCUT2D eigenvalue weighted by Crippen LogP contribution is 2.41. The number of amides is 1. The van der Waals surface area contributed by atoms with Gasteiger partial charge in [-0.3, -0.25) is 9.59 Å². The van der Waals surface area contributed by atoms with Gasteiger partial charge in [-0.1, -0.05) is 41.5 Å². The third kappa shape index (κ3) is 14.5. The van der Waals surface area contributed by atoms with Crippen molar-refractivity contribution in [3.63, 3.8) is 0 Å². The van der Waals surface area contributed by atoms with E-state index in [1.807, 2.05) is 20.8 Å². The molecule has 0 spiro atoms. The van der Waals surface area contributed by atoms with Crippen molar-refractivity contribution in [1.29, 1.82) is 0 Å². The first kappa shape index (κ1) is 42.3. The predicted octanol–water partition coefficient (Wildman–Crippen LogP) is 3.14. The van der Waals surface area contributed by atoms with Crippen LogP contribution in [-0.4, -0.2) is 105 Å². The van der Waals surface area contributed by atoms with Gasteiger partial charge in [-0.05, 0) is 59.3 Å². The van der Waals surface area contributed by atoms with Gasteiger partial charge >= 0.3 is 0 Å². The van der Waals surface area contributed by atoms with Crippen LogP contribution >= 0.6 is 23.5 Å². The summed E-state index contributed by atoms with van der Waals surface area (Å²) in [4.78, 5) is 50.9. The Bertz CT molecular complexity index is 1000. The number of carbonyl (C=O) groups is 4. The minimum absolute atomic E-state index is 0.116. The third-order valence-corrected chi connectivity index (χ3v) is 12.3. The van der Waals surface area contributed by atoms with E-state index >= 15 is 0 Å². The number of hydrogen-bond donors (Lipinski definition) is 3. The van der Waals surface area contributed by atoms with E-state index in [1.165, 1.54) is 0 Å². The van der Waals surface area contributed by atoms with E-state index in [-0.39, 0.29) is 41.2 Å². The third-order valence-electron chi connectivity index (χ3n) is 9.13. The van der Waals surface area contributed by atoms with Crippen molar-refractivity contribution in [2.45, 2.75) is 141 Å². The molecular formula is C31H55B4N3O5S2. The summed E-state index contributed by atoms with van der Waals surface area (Å²) in [6.45, 7) is 17.7. The predicted molar refractivity (Wildman–Crippen MR) is 193 cm³/mol. The van der Waals surface area contributed by atoms with Crippen LogP contribution in [0, 0.1) is 10.8 Å². The zero-order chi connectivity index (χ0) is 34.6. The van der Waals surface area contributed by atoms with E-state index in [9.17, 15) is 19.2 Å². The van der Waals surface area contributed by atoms with Gasteiger partial charge in [0, 0.05) is 66.9 Å². The Kier molecular flexibility index (Phi) is 17.6. The highest BCUT2D eigenvalue weighted by molar-refractivity contribution is 8.04. The van der Waals surface area contributed by atoms with Crippen molar-refractivity contribution in [1.82, 2.24) is 10.6 Å². The topological polar surface area (TPSA) is 128 Å². The Labute approximate surface area is 285 Å². The fraction of sp³-hybridized carbons (Fsp3) is 0.871. The standard InChI is InChI=1S/C31H55B4N3O5S2/c1-10-28(3,4)24(39)14-15-31(9,36)43-17-16-29(5,6)27(42)37-20(25(40)34-32)18-44-22-12-13-23(22)45-19-21(26(41)35-33)38-30(7,8)11-2/h20-23,38H,10-19,36H2,1-9H3,(H,37,42). The molecule has 5 atom stereocenters. The molecule has 0 saturated heterocycles. The van der Waals surface area contributed by atoms with Gasteiger partial charge in [-0.15, -0.1) is 0 Å². The van der Waals surface area contributed by atoms with Crippen molar-refractivity contribution >= 4 is 76.4 Å². The van der Waals surface area contributed by atoms with Crippen LogP contribution in [-0.2, 0) is 23.9 Å². The number of nitrogens with one attached hydrogen (secondary N) is 2. The van der Waals surface area contributed by atoms with Crippen LogP contribution in [0.15, 0.2) is 0 Å². The second-order valence-electron chi connectivity index (χ2n) is 14.4. The number of hydrogen-bond acceptors (Lipinski definition) is 9. The maximum absolute atomic E-state index is 13.3. The van der Waals surface area contributed by atoms with Gasteiger partial charge in [0.15, 0.2) is 0 Å². The summed E-state index contributed by atoms with van der Waals surface area (Å²) in [5.41, 5.74) is 3.46. The molecule has 45 heavy (non-hydrogen) atoms. The van der Waals surface area contributed by atoms with E-state index in [2.05, 4.69) is 31.4 Å². The largest absolute Gasteiger partial charge is 0.361 e. The Balaban J connectivity index is 2.66. The number of ether oxygens (including phenoxy) is 1. The molecule has 0 aliphatic heterocycles. The smallest absolute Gasteiger partial charge is 0.226 e. The summed E-state index contributed by atoms with van der Waals surface area (Å²) in [6, 6.07) is -1.11. The molecule has 8 nitrogen and oxygen atoms in total. The highest BCUT2D eigenvalue weighted by Gasteiger charge is 2.36. The van der Waals surface area contributed by atoms with Gasteiger partial charge in [0.25, 0.3) is 0 Å². The lowest BCUT2D eigenvalue weighted by Gasteiger charge is -2.38. The molecule has 1 fully saturated rings. The molecule has 14 heteroatoms. The first-order chi connectivity index (χ1) is 20.7. The van der Waals surface area contributed by atoms with Crippen molar-refractivity contribution in [2.75, 3.05) is 18.1 Å². The molecule has 6 radical (unpaired) electrons. The number of ketones is 1. The molecule has 1 amide bonds. The highest BCUT2D eigenvalue weighted by atomic mass is 32.2. The lowest BCUT2D eigenvalue weighted by Crippen LogP contribution is -2.52. The van der Waals surface area contributed by atoms with Crippen LogP contribution in [0.4, 0.5) is 0 Å². The van der Waals surface area contributed by atoms with E-state index in [0.717, 1.165) is 40.0 Å². The molecule has 0 heterocycles. The average Bonchev–Trinajstić information content (AvgIpc) is 2.96. The molecule has 1 aliphatic carbocycles. The van der Waals surface area contributed by atoms with Gasteiger partial charge in [0.05, 0.1) is 23.4 Å². The Morgan fingerprint density at radius 1 is 0.844 bits per heavy atom. The monoisotopic (exact) mass is 657 g/mol. The molecule has 0 aromatic heterocycles. The van der Waals surface area contributed by atoms with Gasteiger partial charge in [-0.25, -0.2) is 0 Å². The number of rotatable bonds is 24. The Morgan fingerprint density at radius 3 is 1.82 bits per heavy atom. The van der Waals surface area contributed by atoms with Crippen LogP contribution in [0.3, 0.4) is 0 Å². The van der Waals surface area contributed by atoms with E-state index < -0.39 is 22.6 Å². The number of thioether (sulfide) groups is 2. The Hall–Kier alpha value is -0.680. The fourth-order valence-corrected chi connectivity index (χ4v) is 7.58. The molecular weight excluding hydrogens is 602 g/mol. The van der Waals surface area contributed by atoms with Gasteiger partial charge in [0.2, 0.25) is 5.91 Å². The minimum Gasteiger partial charge on any atom is -0.361 e. The lowest BCUT2D eigenvalue weighted by molar-refractivity contribution is -0.134. The second-order valence-corrected chi connectivity index (χ2v) is 16.9. The first-order valence-corrected chi connectivity index (χ1v) is 18.3. The molecule has 0 aromatic carbocycles. The van der Waals surface area contributed by atoms with Crippen molar-refractivity contribution in [3.8, 4) is 0 Å². The normalized spacial score (nSPS) is 19.9. The summed E-state index contributed by atoms with van der Waals surface area (Å²) in [7, 11) is 13.3. The lowest BCUT2D eigenvalue weighted by atomic mass is 9.51. The zero-order valence-corrected chi connectivity index (χ0v) is 30.8. The summed E-state index contributed by atoms with van der Waals surface area (Å²) in [5.74, 6) is 0.891. The van der Waals surface area contributed by atoms with Crippen LogP contribution in [0.25, 0.3) is 0 Å². The number of carbonyl (C=O) groups excluding carboxylic acids is 4. The number of Topliss-reactive ketones (excluding diaryl/α,β-unsaturated/α-hetero) is 1. The molecule has 5 unspecified atom stereocenters. The molecule has 0 bridgehead atoms. The van der Waals surface area contributed by atoms with Gasteiger partial charge in [-0.2, -0.15) is 23.5 Å². The van der Waals surface area contributed by atoms with Crippen LogP contribution in [0.5, 0.6) is 0 Å². The van der Waals surface area contributed by atoms with Crippen molar-refractivity contribution in [3.05, 3.63) is 0 Å². The maximum atomic E-state index is 13.3. The summed E-state index contributed by atoms with van der Waals surface area (Å²) in [5, 5.41) is 6.98. The SMILES string of the molecule is [B][B]C(=O)C(CSC1CCC1SCC(NC(C)(C)CC)C(=O)[B][B])NC(=O)C(C)(C)CCOC(C)(N)CCC(=O)C(C)(C)CC. The van der Waals surface area contributed by atoms with Gasteiger partial charge < -0.3 is 30.7 Å². The van der Waals surface area contributed by atoms with Crippen molar-refractivity contribution < 1.29 is 23.9 Å². The summed E-state index contributed by atoms with van der Waals surface area (Å²) in [6.07, 6.45) is 4.76. The minimum atomic E-state index is -0.995. The van der Waals surface area contributed by atoms with E-state index in [1.54, 1.807) is 44.3 Å². The zero-order valence-electron chi connectivity index (χ0n) is 29.1. The molecule has 1 aliphatic rings. The molecule has 4 N–H and O–H groups in total. The van der Waals surface area contributed by atoms with E-state index in [0.29, 0.717) is 41.3 Å².